The lowest BCUT2D eigenvalue weighted by Gasteiger charge is -2.24. The fourth-order valence-electron chi connectivity index (χ4n) is 1.67. The van der Waals surface area contributed by atoms with E-state index in [1.807, 2.05) is 20.8 Å². The van der Waals surface area contributed by atoms with Gasteiger partial charge in [0.1, 0.15) is 10.7 Å². The molecule has 0 unspecified atom stereocenters. The molecule has 0 bridgehead atoms. The number of nitrogens with zero attached hydrogens (tertiary/aromatic N) is 2. The molecule has 6 heteroatoms. The van der Waals surface area contributed by atoms with E-state index < -0.39 is 0 Å². The van der Waals surface area contributed by atoms with E-state index in [9.17, 15) is 4.79 Å². The van der Waals surface area contributed by atoms with Gasteiger partial charge in [-0.25, -0.2) is 4.98 Å². The quantitative estimate of drug-likeness (QED) is 0.832. The molecule has 1 amide bonds. The Morgan fingerprint density at radius 2 is 2.17 bits per heavy atom. The Kier molecular flexibility index (Phi) is 5.40. The normalized spacial score (nSPS) is 10.7. The van der Waals surface area contributed by atoms with Gasteiger partial charge < -0.3 is 16.0 Å². The number of thiazole rings is 1. The predicted octanol–water partition coefficient (Wildman–Crippen LogP) is 2.42. The SMILES string of the molecule is CCCNc1nc(N)c(C(=O)N(CC)C(C)C)s1. The molecule has 1 rings (SSSR count). The van der Waals surface area contributed by atoms with Crippen LogP contribution in [0.4, 0.5) is 10.9 Å². The minimum Gasteiger partial charge on any atom is -0.382 e. The predicted molar refractivity (Wildman–Crippen MR) is 77.2 cm³/mol. The Hall–Kier alpha value is -1.30. The van der Waals surface area contributed by atoms with E-state index in [-0.39, 0.29) is 11.9 Å². The van der Waals surface area contributed by atoms with Crippen LogP contribution < -0.4 is 11.1 Å². The minimum absolute atomic E-state index is 0.0351. The van der Waals surface area contributed by atoms with Crippen molar-refractivity contribution >= 4 is 28.2 Å². The molecule has 0 saturated heterocycles. The summed E-state index contributed by atoms with van der Waals surface area (Å²) in [6.07, 6.45) is 1.01. The third kappa shape index (κ3) is 3.35. The van der Waals surface area contributed by atoms with E-state index in [2.05, 4.69) is 17.2 Å². The van der Waals surface area contributed by atoms with Gasteiger partial charge in [0.25, 0.3) is 5.91 Å². The van der Waals surface area contributed by atoms with Gasteiger partial charge in [0.15, 0.2) is 5.13 Å². The molecule has 0 saturated carbocycles. The first kappa shape index (κ1) is 14.8. The van der Waals surface area contributed by atoms with Gasteiger partial charge in [0, 0.05) is 19.1 Å². The number of carbonyl (C=O) groups excluding carboxylic acids is 1. The van der Waals surface area contributed by atoms with Crippen LogP contribution >= 0.6 is 11.3 Å². The van der Waals surface area contributed by atoms with E-state index in [1.165, 1.54) is 11.3 Å². The Labute approximate surface area is 112 Å². The Morgan fingerprint density at radius 3 is 2.67 bits per heavy atom. The van der Waals surface area contributed by atoms with E-state index in [0.29, 0.717) is 17.2 Å². The Balaban J connectivity index is 2.88. The molecule has 5 nitrogen and oxygen atoms in total. The molecule has 0 fully saturated rings. The molecular formula is C12H22N4OS. The van der Waals surface area contributed by atoms with Gasteiger partial charge in [0.05, 0.1) is 0 Å². The average Bonchev–Trinajstić information content (AvgIpc) is 2.68. The minimum atomic E-state index is -0.0351. The number of carbonyl (C=O) groups is 1. The summed E-state index contributed by atoms with van der Waals surface area (Å²) in [6, 6.07) is 0.163. The van der Waals surface area contributed by atoms with Crippen LogP contribution in [0, 0.1) is 0 Å². The third-order valence-electron chi connectivity index (χ3n) is 2.60. The summed E-state index contributed by atoms with van der Waals surface area (Å²) in [4.78, 5) is 18.8. The van der Waals surface area contributed by atoms with Crippen LogP contribution in [0.2, 0.25) is 0 Å². The first-order chi connectivity index (χ1) is 8.51. The lowest BCUT2D eigenvalue weighted by molar-refractivity contribution is 0.0722. The van der Waals surface area contributed by atoms with Crippen LogP contribution in [-0.2, 0) is 0 Å². The second kappa shape index (κ2) is 6.58. The van der Waals surface area contributed by atoms with Crippen LogP contribution in [0.1, 0.15) is 43.8 Å². The lowest BCUT2D eigenvalue weighted by Crippen LogP contribution is -2.36. The number of aromatic nitrogens is 1. The standard InChI is InChI=1S/C12H22N4OS/c1-5-7-14-12-15-10(13)9(18-12)11(17)16(6-2)8(3)4/h8H,5-7,13H2,1-4H3,(H,14,15). The molecule has 0 atom stereocenters. The molecule has 0 spiro atoms. The summed E-state index contributed by atoms with van der Waals surface area (Å²) in [7, 11) is 0. The highest BCUT2D eigenvalue weighted by molar-refractivity contribution is 7.18. The smallest absolute Gasteiger partial charge is 0.268 e. The Morgan fingerprint density at radius 1 is 1.50 bits per heavy atom. The zero-order valence-electron chi connectivity index (χ0n) is 11.5. The summed E-state index contributed by atoms with van der Waals surface area (Å²) < 4.78 is 0. The monoisotopic (exact) mass is 270 g/mol. The van der Waals surface area contributed by atoms with E-state index >= 15 is 0 Å². The fraction of sp³-hybridized carbons (Fsp3) is 0.667. The highest BCUT2D eigenvalue weighted by Gasteiger charge is 2.22. The summed E-state index contributed by atoms with van der Waals surface area (Å²) >= 11 is 1.33. The van der Waals surface area contributed by atoms with Gasteiger partial charge in [-0.1, -0.05) is 18.3 Å². The van der Waals surface area contributed by atoms with Crippen LogP contribution in [-0.4, -0.2) is 34.9 Å². The van der Waals surface area contributed by atoms with Crippen molar-refractivity contribution in [2.24, 2.45) is 0 Å². The van der Waals surface area contributed by atoms with Gasteiger partial charge in [-0.2, -0.15) is 0 Å². The van der Waals surface area contributed by atoms with Crippen molar-refractivity contribution in [2.75, 3.05) is 24.1 Å². The van der Waals surface area contributed by atoms with Gasteiger partial charge in [-0.3, -0.25) is 4.79 Å². The molecule has 3 N–H and O–H groups in total. The number of nitrogens with two attached hydrogens (primary N) is 1. The molecule has 0 aliphatic heterocycles. The first-order valence-corrected chi connectivity index (χ1v) is 7.14. The molecule has 1 heterocycles. The van der Waals surface area contributed by atoms with Crippen LogP contribution in [0.5, 0.6) is 0 Å². The number of nitrogens with one attached hydrogen (secondary N) is 1. The summed E-state index contributed by atoms with van der Waals surface area (Å²) in [5.74, 6) is 0.287. The lowest BCUT2D eigenvalue weighted by atomic mass is 10.3. The Bertz CT molecular complexity index is 403. The van der Waals surface area contributed by atoms with Crippen molar-refractivity contribution in [1.29, 1.82) is 0 Å². The largest absolute Gasteiger partial charge is 0.382 e. The number of hydrogen-bond donors (Lipinski definition) is 2. The molecule has 0 aromatic carbocycles. The van der Waals surface area contributed by atoms with Crippen LogP contribution in [0.3, 0.4) is 0 Å². The van der Waals surface area contributed by atoms with Crippen LogP contribution in [0.25, 0.3) is 0 Å². The molecule has 1 aromatic heterocycles. The maximum Gasteiger partial charge on any atom is 0.268 e. The van der Waals surface area contributed by atoms with E-state index in [0.717, 1.165) is 18.1 Å². The van der Waals surface area contributed by atoms with Crippen molar-refractivity contribution in [3.8, 4) is 0 Å². The van der Waals surface area contributed by atoms with Gasteiger partial charge in [0.2, 0.25) is 0 Å². The molecule has 0 aliphatic rings. The molecule has 0 aliphatic carbocycles. The highest BCUT2D eigenvalue weighted by Crippen LogP contribution is 2.26. The van der Waals surface area contributed by atoms with Crippen LogP contribution in [0.15, 0.2) is 0 Å². The number of hydrogen-bond acceptors (Lipinski definition) is 5. The van der Waals surface area contributed by atoms with Crippen molar-refractivity contribution in [1.82, 2.24) is 9.88 Å². The molecule has 0 radical (unpaired) electrons. The third-order valence-corrected chi connectivity index (χ3v) is 3.62. The first-order valence-electron chi connectivity index (χ1n) is 6.32. The van der Waals surface area contributed by atoms with Crippen molar-refractivity contribution in [2.45, 2.75) is 40.2 Å². The number of anilines is 2. The maximum atomic E-state index is 12.3. The molecule has 102 valence electrons. The van der Waals surface area contributed by atoms with E-state index in [1.54, 1.807) is 4.90 Å². The van der Waals surface area contributed by atoms with Gasteiger partial charge in [-0.05, 0) is 27.2 Å². The fourth-order valence-corrected chi connectivity index (χ4v) is 2.53. The number of rotatable bonds is 6. The van der Waals surface area contributed by atoms with E-state index in [4.69, 9.17) is 5.73 Å². The summed E-state index contributed by atoms with van der Waals surface area (Å²) in [6.45, 7) is 9.54. The van der Waals surface area contributed by atoms with Crippen molar-refractivity contribution < 1.29 is 4.79 Å². The van der Waals surface area contributed by atoms with Crippen molar-refractivity contribution in [3.63, 3.8) is 0 Å². The second-order valence-corrected chi connectivity index (χ2v) is 5.34. The number of amides is 1. The highest BCUT2D eigenvalue weighted by atomic mass is 32.1. The average molecular weight is 270 g/mol. The second-order valence-electron chi connectivity index (χ2n) is 4.35. The molecule has 18 heavy (non-hydrogen) atoms. The summed E-state index contributed by atoms with van der Waals surface area (Å²) in [5.41, 5.74) is 5.82. The van der Waals surface area contributed by atoms with Gasteiger partial charge in [-0.15, -0.1) is 0 Å². The molecular weight excluding hydrogens is 248 g/mol. The zero-order chi connectivity index (χ0) is 13.7. The van der Waals surface area contributed by atoms with Crippen molar-refractivity contribution in [3.05, 3.63) is 4.88 Å². The maximum absolute atomic E-state index is 12.3. The van der Waals surface area contributed by atoms with Gasteiger partial charge >= 0.3 is 0 Å². The topological polar surface area (TPSA) is 71.2 Å². The zero-order valence-corrected chi connectivity index (χ0v) is 12.3. The number of nitrogen functional groups attached to an aromatic ring is 1. The summed E-state index contributed by atoms with van der Waals surface area (Å²) in [5, 5.41) is 3.87. The molecule has 1 aromatic rings.